The molecule has 3 aliphatic rings. The normalized spacial score (nSPS) is 21.2. The minimum absolute atomic E-state index is 0.234. The molecule has 1 N–H and O–H groups in total. The zero-order valence-corrected chi connectivity index (χ0v) is 19.6. The number of morpholine rings is 1. The van der Waals surface area contributed by atoms with E-state index in [2.05, 4.69) is 4.90 Å². The molecule has 8 heteroatoms. The Hall–Kier alpha value is -4.04. The minimum Gasteiger partial charge on any atom is -0.486 e. The van der Waals surface area contributed by atoms with Crippen molar-refractivity contribution >= 4 is 23.3 Å². The molecule has 0 aliphatic carbocycles. The van der Waals surface area contributed by atoms with Gasteiger partial charge in [0, 0.05) is 30.0 Å². The van der Waals surface area contributed by atoms with E-state index in [9.17, 15) is 14.7 Å². The molecule has 8 nitrogen and oxygen atoms in total. The van der Waals surface area contributed by atoms with Gasteiger partial charge < -0.3 is 24.2 Å². The van der Waals surface area contributed by atoms with Gasteiger partial charge in [-0.1, -0.05) is 24.3 Å². The van der Waals surface area contributed by atoms with Crippen LogP contribution in [0.5, 0.6) is 11.5 Å². The van der Waals surface area contributed by atoms with Crippen molar-refractivity contribution in [3.63, 3.8) is 0 Å². The van der Waals surface area contributed by atoms with E-state index in [1.54, 1.807) is 41.3 Å². The molecule has 3 aromatic carbocycles. The van der Waals surface area contributed by atoms with Crippen molar-refractivity contribution < 1.29 is 28.9 Å². The number of nitrogens with zero attached hydrogens (tertiary/aromatic N) is 2. The van der Waals surface area contributed by atoms with Crippen molar-refractivity contribution in [2.45, 2.75) is 12.0 Å². The Labute approximate surface area is 208 Å². The van der Waals surface area contributed by atoms with Crippen LogP contribution in [0.3, 0.4) is 0 Å². The predicted molar refractivity (Wildman–Crippen MR) is 133 cm³/mol. The number of benzene rings is 3. The fraction of sp³-hybridized carbons (Fsp3) is 0.286. The number of carbonyl (C=O) groups is 2. The van der Waals surface area contributed by atoms with Gasteiger partial charge in [-0.2, -0.15) is 0 Å². The summed E-state index contributed by atoms with van der Waals surface area (Å²) in [6.45, 7) is 3.83. The first-order valence-corrected chi connectivity index (χ1v) is 12.1. The molecule has 0 spiro atoms. The van der Waals surface area contributed by atoms with Crippen molar-refractivity contribution in [3.05, 3.63) is 83.4 Å². The summed E-state index contributed by atoms with van der Waals surface area (Å²) in [5, 5.41) is 10.4. The standard InChI is InChI=1S/C28H26N2O6/c31-27-22-4-2-1-3-21(22)25(28(32)33)26(18-5-10-23-24(17-18)36-16-15-35-23)30(27)20-8-6-19(7-9-20)29-11-13-34-14-12-29/h1-10,17,25-26H,11-16H2,(H,32,33)/t25-,26+/m1/s1. The molecule has 184 valence electrons. The number of carboxylic acid groups (broad SMARTS) is 1. The van der Waals surface area contributed by atoms with E-state index in [-0.39, 0.29) is 5.91 Å². The molecule has 0 unspecified atom stereocenters. The molecular weight excluding hydrogens is 460 g/mol. The Morgan fingerprint density at radius 1 is 0.833 bits per heavy atom. The molecule has 1 saturated heterocycles. The highest BCUT2D eigenvalue weighted by atomic mass is 16.6. The van der Waals surface area contributed by atoms with Gasteiger partial charge in [0.1, 0.15) is 19.1 Å². The quantitative estimate of drug-likeness (QED) is 0.599. The van der Waals surface area contributed by atoms with Crippen molar-refractivity contribution in [1.82, 2.24) is 0 Å². The van der Waals surface area contributed by atoms with Crippen LogP contribution >= 0.6 is 0 Å². The zero-order chi connectivity index (χ0) is 24.6. The third-order valence-electron chi connectivity index (χ3n) is 7.02. The van der Waals surface area contributed by atoms with Gasteiger partial charge in [0.05, 0.1) is 19.3 Å². The maximum atomic E-state index is 13.9. The number of fused-ring (bicyclic) bond motifs is 2. The van der Waals surface area contributed by atoms with Crippen molar-refractivity contribution in [2.24, 2.45) is 0 Å². The highest BCUT2D eigenvalue weighted by Crippen LogP contribution is 2.47. The molecule has 0 aromatic heterocycles. The van der Waals surface area contributed by atoms with Crippen molar-refractivity contribution in [1.29, 1.82) is 0 Å². The second-order valence-corrected chi connectivity index (χ2v) is 9.04. The van der Waals surface area contributed by atoms with Gasteiger partial charge in [-0.15, -0.1) is 0 Å². The van der Waals surface area contributed by atoms with E-state index in [0.717, 1.165) is 18.8 Å². The second-order valence-electron chi connectivity index (χ2n) is 9.04. The number of hydrogen-bond donors (Lipinski definition) is 1. The average molecular weight is 487 g/mol. The number of carbonyl (C=O) groups excluding carboxylic acids is 1. The van der Waals surface area contributed by atoms with Crippen LogP contribution in [0.1, 0.15) is 33.4 Å². The summed E-state index contributed by atoms with van der Waals surface area (Å²) in [7, 11) is 0. The number of rotatable bonds is 4. The van der Waals surface area contributed by atoms with Gasteiger partial charge in [-0.3, -0.25) is 14.5 Å². The summed E-state index contributed by atoms with van der Waals surface area (Å²) in [4.78, 5) is 30.5. The molecule has 6 rings (SSSR count). The van der Waals surface area contributed by atoms with Crippen molar-refractivity contribution in [2.75, 3.05) is 49.3 Å². The highest BCUT2D eigenvalue weighted by Gasteiger charge is 2.45. The Balaban J connectivity index is 1.47. The largest absolute Gasteiger partial charge is 0.486 e. The van der Waals surface area contributed by atoms with E-state index < -0.39 is 17.9 Å². The van der Waals surface area contributed by atoms with E-state index in [1.165, 1.54) is 0 Å². The van der Waals surface area contributed by atoms with Crippen LogP contribution in [-0.2, 0) is 9.53 Å². The molecule has 2 atom stereocenters. The molecule has 36 heavy (non-hydrogen) atoms. The van der Waals surface area contributed by atoms with Crippen LogP contribution in [0.4, 0.5) is 11.4 Å². The first-order valence-electron chi connectivity index (χ1n) is 12.1. The van der Waals surface area contributed by atoms with E-state index in [0.29, 0.717) is 60.3 Å². The van der Waals surface area contributed by atoms with Gasteiger partial charge in [0.2, 0.25) is 0 Å². The lowest BCUT2D eigenvalue weighted by molar-refractivity contribution is -0.139. The number of hydrogen-bond acceptors (Lipinski definition) is 6. The summed E-state index contributed by atoms with van der Waals surface area (Å²) in [5.41, 5.74) is 3.26. The summed E-state index contributed by atoms with van der Waals surface area (Å²) in [6, 6.07) is 19.3. The summed E-state index contributed by atoms with van der Waals surface area (Å²) >= 11 is 0. The van der Waals surface area contributed by atoms with Crippen molar-refractivity contribution in [3.8, 4) is 11.5 Å². The summed E-state index contributed by atoms with van der Waals surface area (Å²) < 4.78 is 16.9. The van der Waals surface area contributed by atoms with Crippen LogP contribution in [0, 0.1) is 0 Å². The van der Waals surface area contributed by atoms with Gasteiger partial charge in [0.15, 0.2) is 11.5 Å². The van der Waals surface area contributed by atoms with Gasteiger partial charge in [0.25, 0.3) is 5.91 Å². The van der Waals surface area contributed by atoms with Gasteiger partial charge >= 0.3 is 5.97 Å². The molecule has 3 aromatic rings. The number of ether oxygens (including phenoxy) is 3. The lowest BCUT2D eigenvalue weighted by Gasteiger charge is -2.41. The number of aliphatic carboxylic acids is 1. The molecule has 0 saturated carbocycles. The van der Waals surface area contributed by atoms with Gasteiger partial charge in [-0.25, -0.2) is 0 Å². The number of carboxylic acids is 1. The van der Waals surface area contributed by atoms with Gasteiger partial charge in [-0.05, 0) is 53.6 Å². The SMILES string of the molecule is O=C(O)[C@@H]1c2ccccc2C(=O)N(c2ccc(N3CCOCC3)cc2)[C@H]1c1ccc2c(c1)OCCO2. The predicted octanol–water partition coefficient (Wildman–Crippen LogP) is 3.86. The number of anilines is 2. The fourth-order valence-corrected chi connectivity index (χ4v) is 5.32. The van der Waals surface area contributed by atoms with E-state index in [1.807, 2.05) is 30.3 Å². The second kappa shape index (κ2) is 9.20. The topological polar surface area (TPSA) is 88.5 Å². The average Bonchev–Trinajstić information content (AvgIpc) is 2.93. The molecule has 0 bridgehead atoms. The fourth-order valence-electron chi connectivity index (χ4n) is 5.32. The monoisotopic (exact) mass is 486 g/mol. The van der Waals surface area contributed by atoms with E-state index in [4.69, 9.17) is 14.2 Å². The molecule has 3 aliphatic heterocycles. The Morgan fingerprint density at radius 3 is 2.28 bits per heavy atom. The maximum absolute atomic E-state index is 13.9. The first-order chi connectivity index (χ1) is 17.6. The smallest absolute Gasteiger partial charge is 0.313 e. The highest BCUT2D eigenvalue weighted by molar-refractivity contribution is 6.11. The maximum Gasteiger partial charge on any atom is 0.313 e. The molecular formula is C28H26N2O6. The molecule has 0 radical (unpaired) electrons. The minimum atomic E-state index is -0.996. The third-order valence-corrected chi connectivity index (χ3v) is 7.02. The molecule has 3 heterocycles. The molecule has 1 amide bonds. The zero-order valence-electron chi connectivity index (χ0n) is 19.6. The van der Waals surface area contributed by atoms with Crippen LogP contribution in [-0.4, -0.2) is 56.5 Å². The Morgan fingerprint density at radius 2 is 1.53 bits per heavy atom. The Bertz CT molecular complexity index is 1300. The lowest BCUT2D eigenvalue weighted by Crippen LogP contribution is -2.45. The number of amides is 1. The summed E-state index contributed by atoms with van der Waals surface area (Å²) in [5.74, 6) is -1.02. The summed E-state index contributed by atoms with van der Waals surface area (Å²) in [6.07, 6.45) is 0. The Kier molecular flexibility index (Phi) is 5.73. The van der Waals surface area contributed by atoms with Crippen LogP contribution in [0.15, 0.2) is 66.7 Å². The first kappa shape index (κ1) is 22.4. The van der Waals surface area contributed by atoms with Crippen LogP contribution in [0.25, 0.3) is 0 Å². The third kappa shape index (κ3) is 3.83. The van der Waals surface area contributed by atoms with Crippen LogP contribution < -0.4 is 19.3 Å². The van der Waals surface area contributed by atoms with E-state index >= 15 is 0 Å². The molecule has 1 fully saturated rings. The van der Waals surface area contributed by atoms with Crippen LogP contribution in [0.2, 0.25) is 0 Å². The lowest BCUT2D eigenvalue weighted by atomic mass is 9.79.